The second kappa shape index (κ2) is 24.0. The van der Waals surface area contributed by atoms with E-state index in [1.807, 2.05) is 55.8 Å². The summed E-state index contributed by atoms with van der Waals surface area (Å²) >= 11 is 0. The van der Waals surface area contributed by atoms with Crippen molar-refractivity contribution in [2.75, 3.05) is 33.3 Å². The molecule has 3 fully saturated rings. The van der Waals surface area contributed by atoms with Crippen molar-refractivity contribution in [2.45, 2.75) is 138 Å². The number of carbonyl (C=O) groups excluding carboxylic acids is 1. The van der Waals surface area contributed by atoms with Crippen molar-refractivity contribution in [1.29, 1.82) is 0 Å². The third-order valence-corrected chi connectivity index (χ3v) is 20.7. The maximum atomic E-state index is 17.0. The van der Waals surface area contributed by atoms with Crippen LogP contribution in [0.2, 0.25) is 0 Å². The summed E-state index contributed by atoms with van der Waals surface area (Å²) in [7, 11) is 6.60. The summed E-state index contributed by atoms with van der Waals surface area (Å²) in [6.07, 6.45) is 11.9. The molecule has 77 heavy (non-hydrogen) atoms. The molecule has 7 unspecified atom stereocenters. The van der Waals surface area contributed by atoms with Gasteiger partial charge in [0.05, 0.1) is 42.7 Å². The minimum Gasteiger partial charge on any atom is -0.508 e. The van der Waals surface area contributed by atoms with Gasteiger partial charge in [0, 0.05) is 41.6 Å². The summed E-state index contributed by atoms with van der Waals surface area (Å²) < 4.78 is 18.5. The predicted molar refractivity (Wildman–Crippen MR) is 305 cm³/mol. The first kappa shape index (κ1) is 55.1. The van der Waals surface area contributed by atoms with Gasteiger partial charge in [-0.15, -0.1) is 0 Å². The van der Waals surface area contributed by atoms with E-state index in [-0.39, 0.29) is 48.1 Å². The van der Waals surface area contributed by atoms with Gasteiger partial charge in [0.25, 0.3) is 0 Å². The van der Waals surface area contributed by atoms with Crippen LogP contribution in [0, 0.1) is 17.8 Å². The lowest BCUT2D eigenvalue weighted by Crippen LogP contribution is -2.61. The highest BCUT2D eigenvalue weighted by molar-refractivity contribution is 8.76. The number of H-pyrrole nitrogens is 1. The Balaban J connectivity index is 1.16. The van der Waals surface area contributed by atoms with Crippen LogP contribution in [0.15, 0.2) is 97.3 Å². The number of aliphatic hydroxyl groups is 4. The van der Waals surface area contributed by atoms with Crippen molar-refractivity contribution in [3.8, 4) is 28.7 Å². The molecule has 14 heteroatoms. The molecule has 8 N–H and O–H groups in total. The Morgan fingerprint density at radius 1 is 0.857 bits per heavy atom. The van der Waals surface area contributed by atoms with Crippen LogP contribution in [0.1, 0.15) is 126 Å². The molecule has 0 saturated heterocycles. The molecule has 0 radical (unpaired) electrons. The zero-order chi connectivity index (χ0) is 53.8. The van der Waals surface area contributed by atoms with E-state index in [0.29, 0.717) is 53.4 Å². The number of phenols is 2. The van der Waals surface area contributed by atoms with E-state index < -0.39 is 47.7 Å². The molecule has 1 aromatic heterocycles. The minimum atomic E-state index is -1.68. The van der Waals surface area contributed by atoms with Gasteiger partial charge >= 0.3 is 0 Å². The molecule has 4 aliphatic rings. The van der Waals surface area contributed by atoms with Crippen molar-refractivity contribution in [3.05, 3.63) is 147 Å². The largest absolute Gasteiger partial charge is 0.508 e. The number of aromatic nitrogens is 1. The average molecular weight is 1090 g/mol. The third-order valence-electron chi connectivity index (χ3n) is 17.9. The van der Waals surface area contributed by atoms with Gasteiger partial charge in [0.2, 0.25) is 0 Å². The zero-order valence-corrected chi connectivity index (χ0v) is 46.3. The molecule has 10 rings (SSSR count). The van der Waals surface area contributed by atoms with Crippen LogP contribution in [0.4, 0.5) is 0 Å². The first-order valence-electron chi connectivity index (χ1n) is 27.8. The molecular formula is C63H76N2O10S2. The number of rotatable bonds is 14. The van der Waals surface area contributed by atoms with Crippen molar-refractivity contribution in [3.63, 3.8) is 0 Å². The van der Waals surface area contributed by atoms with Gasteiger partial charge in [0.15, 0.2) is 35.6 Å². The van der Waals surface area contributed by atoms with Crippen molar-refractivity contribution in [2.24, 2.45) is 17.8 Å². The van der Waals surface area contributed by atoms with Crippen LogP contribution in [0.25, 0.3) is 10.8 Å². The van der Waals surface area contributed by atoms with E-state index >= 15 is 4.79 Å². The highest BCUT2D eigenvalue weighted by Crippen LogP contribution is 2.53. The Hall–Kier alpha value is -5.19. The van der Waals surface area contributed by atoms with Crippen LogP contribution in [0.5, 0.6) is 28.7 Å². The lowest BCUT2D eigenvalue weighted by molar-refractivity contribution is -0.149. The monoisotopic (exact) mass is 1080 g/mol. The number of methoxy groups -OCH3 is 1. The second-order valence-electron chi connectivity index (χ2n) is 22.2. The van der Waals surface area contributed by atoms with E-state index in [1.54, 1.807) is 53.0 Å². The molecule has 3 aliphatic carbocycles. The number of nitrogens with one attached hydrogen (secondary N) is 2. The lowest BCUT2D eigenvalue weighted by atomic mass is 9.55. The standard InChI is InChI=1S/C63H76N2O10S2/c1-4-40-16-17-41-11-10-14-49-55(35-66)77-76-36-44-28-56(70)63(46-29-45(30-47(68)31-46)62(64-2)22-8-9-23-62,33-38-15-20-53(74-37-67)54(26-38)75-48-12-6-5-7-13-48)61(72)58(44)59(71)43(25-39-21-24-65-34-39)27-42-18-19-52(69)60(73-3)51(42)32-50(40)57(41)49/h10-11,14-21,24,26,29-31,34,43-44,48,55-56,58-59,64-71H,4-9,12-13,22-23,25,27-28,32-33,35-37H2,1-3H3. The topological polar surface area (TPSA) is 194 Å². The highest BCUT2D eigenvalue weighted by atomic mass is 33.1. The minimum absolute atomic E-state index is 0.00159. The lowest BCUT2D eigenvalue weighted by Gasteiger charge is -2.49. The predicted octanol–water partition coefficient (Wildman–Crippen LogP) is 10.7. The first-order valence-corrected chi connectivity index (χ1v) is 30.2. The molecule has 2 heterocycles. The van der Waals surface area contributed by atoms with E-state index in [4.69, 9.17) is 14.2 Å². The number of hydrogen-bond acceptors (Lipinski definition) is 13. The number of benzene rings is 5. The molecule has 12 nitrogen and oxygen atoms in total. The number of phenolic OH excluding ortho intramolecular Hbond substituents is 2. The van der Waals surface area contributed by atoms with E-state index in [9.17, 15) is 30.6 Å². The maximum Gasteiger partial charge on any atom is 0.186 e. The molecule has 0 spiro atoms. The van der Waals surface area contributed by atoms with E-state index in [0.717, 1.165) is 114 Å². The van der Waals surface area contributed by atoms with E-state index in [1.165, 1.54) is 0 Å². The number of carbonyl (C=O) groups is 1. The molecule has 1 aliphatic heterocycles. The maximum absolute atomic E-state index is 17.0. The smallest absolute Gasteiger partial charge is 0.186 e. The highest BCUT2D eigenvalue weighted by Gasteiger charge is 2.58. The molecule has 7 atom stereocenters. The molecule has 0 amide bonds. The molecule has 3 saturated carbocycles. The Morgan fingerprint density at radius 2 is 1.66 bits per heavy atom. The quantitative estimate of drug-likeness (QED) is 0.0380. The first-order chi connectivity index (χ1) is 37.4. The molecule has 0 bridgehead atoms. The Kier molecular flexibility index (Phi) is 17.2. The number of Topliss-reactive ketones (excluding diaryl/α,β-unsaturated/α-hetero) is 1. The zero-order valence-electron chi connectivity index (χ0n) is 44.6. The van der Waals surface area contributed by atoms with Gasteiger partial charge < -0.3 is 55.2 Å². The van der Waals surface area contributed by atoms with Gasteiger partial charge in [-0.05, 0) is 181 Å². The van der Waals surface area contributed by atoms with Crippen LogP contribution >= 0.6 is 21.6 Å². The summed E-state index contributed by atoms with van der Waals surface area (Å²) in [6.45, 7) is 1.43. The van der Waals surface area contributed by atoms with Gasteiger partial charge in [-0.1, -0.05) is 96.3 Å². The Bertz CT molecular complexity index is 3010. The van der Waals surface area contributed by atoms with Gasteiger partial charge in [-0.3, -0.25) is 4.79 Å². The number of ether oxygens (including phenoxy) is 3. The molecule has 5 aromatic carbocycles. The van der Waals surface area contributed by atoms with Crippen LogP contribution in [-0.4, -0.2) is 93.0 Å². The van der Waals surface area contributed by atoms with Crippen LogP contribution in [0.3, 0.4) is 0 Å². The van der Waals surface area contributed by atoms with Gasteiger partial charge in [-0.25, -0.2) is 0 Å². The van der Waals surface area contributed by atoms with Gasteiger partial charge in [-0.2, -0.15) is 0 Å². The Labute approximate surface area is 460 Å². The number of aliphatic hydroxyl groups excluding tert-OH is 4. The number of aromatic amines is 1. The normalized spacial score (nSPS) is 25.1. The fourth-order valence-electron chi connectivity index (χ4n) is 13.8. The summed E-state index contributed by atoms with van der Waals surface area (Å²) in [5.41, 5.74) is 5.65. The third kappa shape index (κ3) is 11.0. The van der Waals surface area contributed by atoms with Crippen LogP contribution in [-0.2, 0) is 47.9 Å². The fraction of sp³-hybridized carbons (Fsp3) is 0.476. The number of fused-ring (bicyclic) bond motifs is 2. The van der Waals surface area contributed by atoms with Crippen molar-refractivity contribution >= 4 is 38.1 Å². The molecule has 410 valence electrons. The summed E-state index contributed by atoms with van der Waals surface area (Å²) in [4.78, 5) is 20.2. The average Bonchev–Trinajstić information content (AvgIpc) is 4.26. The molecule has 6 aromatic rings. The summed E-state index contributed by atoms with van der Waals surface area (Å²) in [5, 5.41) is 77.1. The Morgan fingerprint density at radius 3 is 2.39 bits per heavy atom. The second-order valence-corrected chi connectivity index (χ2v) is 24.8. The number of hydrogen-bond donors (Lipinski definition) is 8. The molecular weight excluding hydrogens is 1010 g/mol. The SMILES string of the molecule is CCc1ccc2cccc3c2c1Cc1c(ccc(O)c1OC)CC(Cc1cc[nH]c1)C(O)C1C(=O)C(Cc2ccc(OCO)c(OC4CCCCC4)c2)(c2cc(O)cc(C4(NC)CCCC4)c2)C(O)CC1CSSC3CO. The number of aromatic hydroxyl groups is 2. The summed E-state index contributed by atoms with van der Waals surface area (Å²) in [5.74, 6) is -0.884. The van der Waals surface area contributed by atoms with Crippen molar-refractivity contribution in [1.82, 2.24) is 10.3 Å². The number of aryl methyl sites for hydroxylation is 1. The van der Waals surface area contributed by atoms with Crippen molar-refractivity contribution < 1.29 is 49.6 Å². The fourth-order valence-corrected chi connectivity index (χ4v) is 16.7. The van der Waals surface area contributed by atoms with Gasteiger partial charge in [0.1, 0.15) is 5.75 Å². The summed E-state index contributed by atoms with van der Waals surface area (Å²) in [6, 6.07) is 27.0. The number of ketones is 1. The van der Waals surface area contributed by atoms with E-state index in [2.05, 4.69) is 41.5 Å². The van der Waals surface area contributed by atoms with Crippen LogP contribution < -0.4 is 19.5 Å².